The molecule has 0 aliphatic rings. The zero-order valence-corrected chi connectivity index (χ0v) is 12.9. The van der Waals surface area contributed by atoms with Crippen LogP contribution in [-0.4, -0.2) is 12.4 Å². The number of fused-ring (bicyclic) bond motifs is 1. The van der Waals surface area contributed by atoms with E-state index in [1.165, 1.54) is 18.2 Å². The molecule has 0 atom stereocenters. The largest absolute Gasteiger partial charge is 0.456 e. The molecule has 0 radical (unpaired) electrons. The fraction of sp³-hybridized carbons (Fsp3) is 0. The predicted octanol–water partition coefficient (Wildman–Crippen LogP) is 3.09. The lowest BCUT2D eigenvalue weighted by Crippen LogP contribution is -2.03. The molecule has 0 unspecified atom stereocenters. The van der Waals surface area contributed by atoms with E-state index in [1.54, 1.807) is 30.3 Å². The molecule has 0 spiro atoms. The van der Waals surface area contributed by atoms with E-state index in [2.05, 4.69) is 6.58 Å². The minimum Gasteiger partial charge on any atom is -0.456 e. The molecule has 1 heterocycles. The van der Waals surface area contributed by atoms with Crippen molar-refractivity contribution >= 4 is 23.4 Å². The van der Waals surface area contributed by atoms with Gasteiger partial charge in [-0.1, -0.05) is 6.58 Å². The van der Waals surface area contributed by atoms with Gasteiger partial charge in [0.15, 0.2) is 5.43 Å². The summed E-state index contributed by atoms with van der Waals surface area (Å²) >= 11 is 0. The van der Waals surface area contributed by atoms with Crippen LogP contribution < -0.4 is 14.9 Å². The second-order valence-electron chi connectivity index (χ2n) is 5.00. The lowest BCUT2D eigenvalue weighted by Gasteiger charge is -2.06. The van der Waals surface area contributed by atoms with Crippen LogP contribution in [0.25, 0.3) is 22.3 Å². The highest BCUT2D eigenvalue weighted by Crippen LogP contribution is 2.26. The van der Waals surface area contributed by atoms with E-state index in [1.807, 2.05) is 0 Å². The van der Waals surface area contributed by atoms with E-state index in [9.17, 15) is 14.4 Å². The van der Waals surface area contributed by atoms with Crippen LogP contribution in [0.4, 0.5) is 0 Å². The normalized spacial score (nSPS) is 10.2. The van der Waals surface area contributed by atoms with Crippen molar-refractivity contribution in [2.45, 2.75) is 0 Å². The molecule has 0 bridgehead atoms. The summed E-state index contributed by atoms with van der Waals surface area (Å²) in [6.07, 6.45) is 1.07. The average Bonchev–Trinajstić information content (AvgIpc) is 2.63. The number of carbonyl (C=O) groups excluding carboxylic acids is 2. The van der Waals surface area contributed by atoms with Crippen molar-refractivity contribution < 1.29 is 23.5 Å². The summed E-state index contributed by atoms with van der Waals surface area (Å²) in [4.78, 5) is 33.9. The molecule has 3 aromatic rings. The second kappa shape index (κ2) is 6.84. The number of carbonyl (C=O) groups is 2. The van der Waals surface area contributed by atoms with Crippen molar-refractivity contribution in [1.82, 2.24) is 0 Å². The van der Waals surface area contributed by atoms with Crippen molar-refractivity contribution in [3.05, 3.63) is 71.4 Å². The maximum Gasteiger partial charge on any atom is 0.335 e. The van der Waals surface area contributed by atoms with Gasteiger partial charge >= 0.3 is 5.97 Å². The van der Waals surface area contributed by atoms with E-state index in [0.29, 0.717) is 28.0 Å². The molecule has 3 rings (SSSR count). The van der Waals surface area contributed by atoms with Gasteiger partial charge in [0.05, 0.1) is 5.39 Å². The summed E-state index contributed by atoms with van der Waals surface area (Å²) in [5.74, 6) is 0.421. The standard InChI is InChI=1S/C19H12O6/c1-2-19(22)24-13-5-3-12(4-6-13)18-10-16(21)15-9-14(23-11-20)7-8-17(15)25-18/h2-11H,1H2. The lowest BCUT2D eigenvalue weighted by molar-refractivity contribution is -0.129. The molecule has 0 amide bonds. The zero-order valence-electron chi connectivity index (χ0n) is 12.9. The highest BCUT2D eigenvalue weighted by atomic mass is 16.5. The van der Waals surface area contributed by atoms with Gasteiger partial charge in [-0.3, -0.25) is 9.59 Å². The number of benzene rings is 2. The minimum absolute atomic E-state index is 0.260. The van der Waals surface area contributed by atoms with E-state index < -0.39 is 5.97 Å². The van der Waals surface area contributed by atoms with Crippen LogP contribution in [0.15, 0.2) is 70.4 Å². The van der Waals surface area contributed by atoms with Crippen molar-refractivity contribution in [2.75, 3.05) is 0 Å². The first-order valence-corrected chi connectivity index (χ1v) is 7.23. The van der Waals surface area contributed by atoms with E-state index in [-0.39, 0.29) is 17.7 Å². The third kappa shape index (κ3) is 3.48. The molecule has 0 saturated heterocycles. The van der Waals surface area contributed by atoms with Crippen molar-refractivity contribution in [3.63, 3.8) is 0 Å². The van der Waals surface area contributed by atoms with E-state index >= 15 is 0 Å². The average molecular weight is 336 g/mol. The molecule has 0 saturated carbocycles. The molecule has 0 N–H and O–H groups in total. The molecule has 1 aromatic heterocycles. The maximum absolute atomic E-state index is 12.3. The summed E-state index contributed by atoms with van der Waals surface area (Å²) in [6.45, 7) is 3.62. The maximum atomic E-state index is 12.3. The van der Waals surface area contributed by atoms with Gasteiger partial charge in [0.1, 0.15) is 22.8 Å². The number of rotatable bonds is 5. The van der Waals surface area contributed by atoms with Crippen molar-refractivity contribution in [2.24, 2.45) is 0 Å². The topological polar surface area (TPSA) is 82.8 Å². The van der Waals surface area contributed by atoms with Crippen LogP contribution in [0.5, 0.6) is 11.5 Å². The molecule has 6 heteroatoms. The van der Waals surface area contributed by atoms with Crippen LogP contribution in [0, 0.1) is 0 Å². The zero-order chi connectivity index (χ0) is 17.8. The number of hydrogen-bond donors (Lipinski definition) is 0. The Bertz CT molecular complexity index is 1010. The monoisotopic (exact) mass is 336 g/mol. The Morgan fingerprint density at radius 2 is 1.76 bits per heavy atom. The van der Waals surface area contributed by atoms with Gasteiger partial charge in [-0.05, 0) is 42.5 Å². The second-order valence-corrected chi connectivity index (χ2v) is 5.00. The van der Waals surface area contributed by atoms with E-state index in [0.717, 1.165) is 6.08 Å². The van der Waals surface area contributed by atoms with Gasteiger partial charge in [-0.25, -0.2) is 4.79 Å². The molecule has 124 valence electrons. The summed E-state index contributed by atoms with van der Waals surface area (Å²) in [5, 5.41) is 0.305. The van der Waals surface area contributed by atoms with Crippen LogP contribution in [-0.2, 0) is 9.59 Å². The number of ether oxygens (including phenoxy) is 2. The number of esters is 1. The Morgan fingerprint density at radius 3 is 2.44 bits per heavy atom. The summed E-state index contributed by atoms with van der Waals surface area (Å²) in [7, 11) is 0. The molecular weight excluding hydrogens is 324 g/mol. The highest BCUT2D eigenvalue weighted by Gasteiger charge is 2.09. The number of hydrogen-bond acceptors (Lipinski definition) is 6. The van der Waals surface area contributed by atoms with Crippen LogP contribution in [0.1, 0.15) is 0 Å². The quantitative estimate of drug-likeness (QED) is 0.308. The molecule has 25 heavy (non-hydrogen) atoms. The van der Waals surface area contributed by atoms with Gasteiger partial charge < -0.3 is 13.9 Å². The molecule has 0 aliphatic carbocycles. The third-order valence-corrected chi connectivity index (χ3v) is 3.41. The fourth-order valence-corrected chi connectivity index (χ4v) is 2.25. The lowest BCUT2D eigenvalue weighted by atomic mass is 10.1. The Balaban J connectivity index is 1.97. The highest BCUT2D eigenvalue weighted by molar-refractivity contribution is 5.83. The Kier molecular flexibility index (Phi) is 4.43. The molecule has 6 nitrogen and oxygen atoms in total. The summed E-state index contributed by atoms with van der Waals surface area (Å²) < 4.78 is 15.5. The summed E-state index contributed by atoms with van der Waals surface area (Å²) in [5.41, 5.74) is 0.739. The predicted molar refractivity (Wildman–Crippen MR) is 90.4 cm³/mol. The minimum atomic E-state index is -0.557. The van der Waals surface area contributed by atoms with Crippen LogP contribution >= 0.6 is 0 Å². The van der Waals surface area contributed by atoms with Crippen molar-refractivity contribution in [3.8, 4) is 22.8 Å². The SMILES string of the molecule is C=CC(=O)Oc1ccc(-c2cc(=O)c3cc(OC=O)ccc3o2)cc1. The van der Waals surface area contributed by atoms with Crippen LogP contribution in [0.3, 0.4) is 0 Å². The third-order valence-electron chi connectivity index (χ3n) is 3.41. The first kappa shape index (κ1) is 16.2. The van der Waals surface area contributed by atoms with Gasteiger partial charge in [0.25, 0.3) is 6.47 Å². The molecule has 0 fully saturated rings. The van der Waals surface area contributed by atoms with Gasteiger partial charge in [0.2, 0.25) is 0 Å². The van der Waals surface area contributed by atoms with Gasteiger partial charge in [-0.2, -0.15) is 0 Å². The Morgan fingerprint density at radius 1 is 1.04 bits per heavy atom. The first-order chi connectivity index (χ1) is 12.1. The van der Waals surface area contributed by atoms with Gasteiger partial charge in [0, 0.05) is 17.7 Å². The van der Waals surface area contributed by atoms with Crippen LogP contribution in [0.2, 0.25) is 0 Å². The molecular formula is C19H12O6. The molecule has 0 aliphatic heterocycles. The molecule has 2 aromatic carbocycles. The van der Waals surface area contributed by atoms with Gasteiger partial charge in [-0.15, -0.1) is 0 Å². The Labute approximate surface area is 141 Å². The van der Waals surface area contributed by atoms with Crippen molar-refractivity contribution in [1.29, 1.82) is 0 Å². The first-order valence-electron chi connectivity index (χ1n) is 7.23. The summed E-state index contributed by atoms with van der Waals surface area (Å²) in [6, 6.07) is 12.4. The van der Waals surface area contributed by atoms with E-state index in [4.69, 9.17) is 13.9 Å². The fourth-order valence-electron chi connectivity index (χ4n) is 2.25. The Hall–Kier alpha value is -3.67. The smallest absolute Gasteiger partial charge is 0.335 e.